The highest BCUT2D eigenvalue weighted by Gasteiger charge is 2.26. The fourth-order valence-corrected chi connectivity index (χ4v) is 9.09. The number of carboxylic acids is 1. The van der Waals surface area contributed by atoms with Crippen LogP contribution < -0.4 is 21.7 Å². The number of amides is 4. The van der Waals surface area contributed by atoms with Gasteiger partial charge in [0.2, 0.25) is 23.6 Å². The first-order valence-corrected chi connectivity index (χ1v) is 30.0. The van der Waals surface area contributed by atoms with Crippen LogP contribution >= 0.6 is 11.3 Å². The number of aliphatic imine (C=N–C) groups is 1. The van der Waals surface area contributed by atoms with Crippen molar-refractivity contribution in [3.05, 3.63) is 21.4 Å². The topological polar surface area (TPSA) is 330 Å². The molecule has 0 fully saturated rings. The number of aliphatic carboxylic acids is 1. The van der Waals surface area contributed by atoms with Crippen LogP contribution in [-0.2, 0) is 87.9 Å². The number of nitrogens with one attached hydrogen (secondary N) is 3. The van der Waals surface area contributed by atoms with E-state index in [0.717, 1.165) is 35.4 Å². The van der Waals surface area contributed by atoms with Crippen molar-refractivity contribution in [3.63, 3.8) is 0 Å². The van der Waals surface area contributed by atoms with Crippen LogP contribution in [0.4, 0.5) is 5.69 Å². The average Bonchev–Trinajstić information content (AvgIpc) is 3.77. The van der Waals surface area contributed by atoms with E-state index in [1.807, 2.05) is 39.8 Å². The molecule has 0 bridgehead atoms. The number of fused-ring (bicyclic) bond motifs is 1. The third-order valence-corrected chi connectivity index (χ3v) is 13.0. The second-order valence-electron chi connectivity index (χ2n) is 19.6. The van der Waals surface area contributed by atoms with Crippen LogP contribution in [0.3, 0.4) is 0 Å². The van der Waals surface area contributed by atoms with Gasteiger partial charge in [0.15, 0.2) is 0 Å². The number of nitrogens with zero attached hydrogens (tertiary/aromatic N) is 2. The average molecular weight is 1180 g/mol. The number of carbonyl (C=O) groups excluding carboxylic acids is 4. The Morgan fingerprint density at radius 3 is 1.61 bits per heavy atom. The Morgan fingerprint density at radius 1 is 0.675 bits per heavy atom. The Labute approximate surface area is 476 Å². The summed E-state index contributed by atoms with van der Waals surface area (Å²) >= 11 is 1.54. The van der Waals surface area contributed by atoms with E-state index in [1.54, 1.807) is 16.2 Å². The predicted octanol–water partition coefficient (Wildman–Crippen LogP) is 2.94. The lowest BCUT2D eigenvalue weighted by Crippen LogP contribution is -2.50. The Bertz CT molecular complexity index is 2070. The molecule has 0 aromatic carbocycles. The summed E-state index contributed by atoms with van der Waals surface area (Å²) < 4.78 is 87.0. The van der Waals surface area contributed by atoms with Gasteiger partial charge in [0.05, 0.1) is 149 Å². The van der Waals surface area contributed by atoms with Gasteiger partial charge in [0.25, 0.3) is 10.1 Å². The molecule has 0 spiro atoms. The molecule has 1 aromatic rings. The predicted molar refractivity (Wildman–Crippen MR) is 301 cm³/mol. The van der Waals surface area contributed by atoms with Gasteiger partial charge in [-0.1, -0.05) is 34.1 Å². The minimum atomic E-state index is -4.60. The first-order chi connectivity index (χ1) is 38.4. The molecule has 1 aromatic heterocycles. The molecule has 7 N–H and O–H groups in total. The number of hydrogen-bond acceptors (Lipinski definition) is 20. The molecule has 0 saturated carbocycles. The normalized spacial score (nSPS) is 13.0. The van der Waals surface area contributed by atoms with Crippen LogP contribution in [0.1, 0.15) is 95.2 Å². The molecule has 1 aliphatic rings. The van der Waals surface area contributed by atoms with Crippen molar-refractivity contribution in [1.29, 1.82) is 0 Å². The zero-order chi connectivity index (χ0) is 58.7. The third kappa shape index (κ3) is 39.2. The first-order valence-electron chi connectivity index (χ1n) is 27.6. The van der Waals surface area contributed by atoms with Gasteiger partial charge >= 0.3 is 5.97 Å². The van der Waals surface area contributed by atoms with Gasteiger partial charge < -0.3 is 79.1 Å². The molecule has 0 radical (unpaired) electrons. The Balaban J connectivity index is 1.49. The van der Waals surface area contributed by atoms with Gasteiger partial charge in [-0.15, -0.1) is 11.3 Å². The zero-order valence-corrected chi connectivity index (χ0v) is 49.2. The van der Waals surface area contributed by atoms with Crippen LogP contribution in [0.5, 0.6) is 0 Å². The number of amidine groups is 1. The molecule has 27 heteroatoms. The lowest BCUT2D eigenvalue weighted by atomic mass is 9.92. The van der Waals surface area contributed by atoms with Crippen LogP contribution in [0.2, 0.25) is 0 Å². The lowest BCUT2D eigenvalue weighted by Gasteiger charge is -2.24. The number of hydrogen-bond donors (Lipinski definition) is 6. The minimum Gasteiger partial charge on any atom is -0.481 e. The summed E-state index contributed by atoms with van der Waals surface area (Å²) in [4.78, 5) is 70.2. The number of aryl methyl sites for hydroxylation is 1. The van der Waals surface area contributed by atoms with E-state index in [4.69, 9.17) is 58.2 Å². The summed E-state index contributed by atoms with van der Waals surface area (Å²) in [5.74, 6) is -3.00. The largest absolute Gasteiger partial charge is 0.481 e. The molecule has 80 heavy (non-hydrogen) atoms. The number of ether oxygens (including phenoxy) is 10. The molecule has 25 nitrogen and oxygen atoms in total. The molecule has 0 unspecified atom stereocenters. The fraction of sp³-hybridized carbons (Fsp3) is 0.774. The molecule has 1 aliphatic heterocycles. The van der Waals surface area contributed by atoms with Gasteiger partial charge in [-0.3, -0.25) is 28.5 Å². The maximum Gasteiger partial charge on any atom is 0.305 e. The van der Waals surface area contributed by atoms with Gasteiger partial charge in [-0.2, -0.15) is 8.42 Å². The van der Waals surface area contributed by atoms with Crippen LogP contribution in [0.25, 0.3) is 6.08 Å². The Morgan fingerprint density at radius 2 is 1.15 bits per heavy atom. The van der Waals surface area contributed by atoms with E-state index in [1.165, 1.54) is 0 Å². The number of nitrogens with two attached hydrogens (primary N) is 1. The molecule has 2 heterocycles. The van der Waals surface area contributed by atoms with Crippen molar-refractivity contribution >= 4 is 68.7 Å². The molecule has 0 aliphatic carbocycles. The van der Waals surface area contributed by atoms with E-state index in [2.05, 4.69) is 20.9 Å². The van der Waals surface area contributed by atoms with Crippen molar-refractivity contribution in [1.82, 2.24) is 20.9 Å². The number of unbranched alkanes of at least 4 members (excludes halogenated alkanes) is 2. The second kappa shape index (κ2) is 44.4. The Kier molecular flexibility index (Phi) is 39.9. The van der Waals surface area contributed by atoms with Gasteiger partial charge in [0, 0.05) is 55.9 Å². The van der Waals surface area contributed by atoms with E-state index in [9.17, 15) is 36.9 Å². The van der Waals surface area contributed by atoms with E-state index in [-0.39, 0.29) is 69.5 Å². The summed E-state index contributed by atoms with van der Waals surface area (Å²) in [6.07, 6.45) is 6.56. The van der Waals surface area contributed by atoms with E-state index >= 15 is 0 Å². The van der Waals surface area contributed by atoms with Crippen molar-refractivity contribution in [2.24, 2.45) is 16.1 Å². The van der Waals surface area contributed by atoms with Crippen molar-refractivity contribution in [2.45, 2.75) is 97.9 Å². The van der Waals surface area contributed by atoms with Crippen molar-refractivity contribution in [2.75, 3.05) is 164 Å². The zero-order valence-electron chi connectivity index (χ0n) is 47.6. The maximum atomic E-state index is 13.7. The highest BCUT2D eigenvalue weighted by atomic mass is 32.2. The van der Waals surface area contributed by atoms with Crippen molar-refractivity contribution in [3.8, 4) is 0 Å². The minimum absolute atomic E-state index is 0.00496. The summed E-state index contributed by atoms with van der Waals surface area (Å²) in [6.45, 7) is 16.8. The van der Waals surface area contributed by atoms with Gasteiger partial charge in [0.1, 0.15) is 17.6 Å². The summed E-state index contributed by atoms with van der Waals surface area (Å²) in [5, 5.41) is 16.5. The molecule has 2 rings (SSSR count). The summed E-state index contributed by atoms with van der Waals surface area (Å²) in [6, 6.07) is 0.472. The number of carboxylic acid groups (broad SMARTS) is 1. The summed E-state index contributed by atoms with van der Waals surface area (Å²) in [7, 11) is -4.60. The SMILES string of the molecule is CCCN(CCCNC(=O)CC(C)(C)C)C(=O)C1=Cc2sc(CCCCCNC(=O)[C@H](CS(=O)(=O)O)NC(=O)CCOCCOCCOCCOCCOCCOCCOCCOCCOCCOCCC(=O)O)cc2N=C(N)C1. The van der Waals surface area contributed by atoms with E-state index in [0.29, 0.717) is 162 Å². The van der Waals surface area contributed by atoms with Gasteiger partial charge in [-0.05, 0) is 49.7 Å². The number of carbonyl (C=O) groups is 5. The molecule has 4 amide bonds. The molecule has 1 atom stereocenters. The number of rotatable bonds is 51. The quantitative estimate of drug-likeness (QED) is 0.0403. The molecular weight excluding hydrogens is 1090 g/mol. The smallest absolute Gasteiger partial charge is 0.305 e. The standard InChI is InChI=1S/C53H92N6O19S2/c1-5-15-59(16-9-14-55-49(61)40-53(2,3)4)52(65)42-37-46-44(57-47(54)38-42)39-43(79-46)10-7-6-8-13-56-51(64)45(41-80(66,67)68)58-48(60)11-17-69-19-21-71-23-25-73-27-29-75-31-33-77-35-36-78-34-32-76-30-28-74-26-24-72-22-20-70-18-12-50(62)63/h37,39,45H,5-36,38,40-41H2,1-4H3,(H2,54,57)(H,55,61)(H,56,64)(H,58,60)(H,62,63)(H,66,67,68)/t45-/m0/s1. The Hall–Kier alpha value is -4.23. The molecule has 460 valence electrons. The highest BCUT2D eigenvalue weighted by molar-refractivity contribution is 7.85. The second-order valence-corrected chi connectivity index (χ2v) is 22.3. The van der Waals surface area contributed by atoms with E-state index < -0.39 is 39.7 Å². The maximum absolute atomic E-state index is 13.7. The van der Waals surface area contributed by atoms with Crippen LogP contribution in [-0.4, -0.2) is 229 Å². The molecular formula is C53H92N6O19S2. The third-order valence-electron chi connectivity index (χ3n) is 11.1. The van der Waals surface area contributed by atoms with Gasteiger partial charge in [-0.25, -0.2) is 4.99 Å². The van der Waals surface area contributed by atoms with Crippen LogP contribution in [0.15, 0.2) is 16.6 Å². The first kappa shape index (κ1) is 71.9. The van der Waals surface area contributed by atoms with Crippen molar-refractivity contribution < 1.29 is 89.4 Å². The van der Waals surface area contributed by atoms with Crippen LogP contribution in [0, 0.1) is 5.41 Å². The highest BCUT2D eigenvalue weighted by Crippen LogP contribution is 2.35. The number of thiophene rings is 1. The molecule has 0 saturated heterocycles. The lowest BCUT2D eigenvalue weighted by molar-refractivity contribution is -0.138. The monoisotopic (exact) mass is 1180 g/mol. The fourth-order valence-electron chi connectivity index (χ4n) is 7.33. The summed E-state index contributed by atoms with van der Waals surface area (Å²) in [5.41, 5.74) is 7.45.